The molecule has 122 valence electrons. The van der Waals surface area contributed by atoms with Crippen LogP contribution in [0.15, 0.2) is 29.2 Å². The van der Waals surface area contributed by atoms with Crippen molar-refractivity contribution in [3.8, 4) is 0 Å². The molecule has 0 aromatic heterocycles. The molecule has 0 N–H and O–H groups in total. The van der Waals surface area contributed by atoms with Crippen LogP contribution in [0, 0.1) is 6.92 Å². The second kappa shape index (κ2) is 7.21. The number of hydrogen-bond acceptors (Lipinski definition) is 5. The highest BCUT2D eigenvalue weighted by Crippen LogP contribution is 2.18. The lowest BCUT2D eigenvalue weighted by molar-refractivity contribution is -0.142. The van der Waals surface area contributed by atoms with E-state index in [-0.39, 0.29) is 10.8 Å². The van der Waals surface area contributed by atoms with Crippen LogP contribution in [0.25, 0.3) is 0 Å². The van der Waals surface area contributed by atoms with E-state index in [9.17, 15) is 13.2 Å². The predicted octanol–water partition coefficient (Wildman–Crippen LogP) is 1.34. The van der Waals surface area contributed by atoms with E-state index in [1.165, 1.54) is 12.1 Å². The Morgan fingerprint density at radius 2 is 1.86 bits per heavy atom. The number of carbonyl (C=O) groups excluding carboxylic acids is 1. The molecule has 1 aliphatic rings. The number of ether oxygens (including phenoxy) is 1. The summed E-state index contributed by atoms with van der Waals surface area (Å²) in [5.41, 5.74) is 0.954. The van der Waals surface area contributed by atoms with Gasteiger partial charge < -0.3 is 9.64 Å². The molecule has 0 aliphatic carbocycles. The highest BCUT2D eigenvalue weighted by Gasteiger charge is 2.30. The van der Waals surface area contributed by atoms with Crippen molar-refractivity contribution in [1.82, 2.24) is 4.90 Å². The van der Waals surface area contributed by atoms with Crippen LogP contribution in [0.3, 0.4) is 0 Å². The van der Waals surface area contributed by atoms with Crippen LogP contribution in [0.2, 0.25) is 0 Å². The summed E-state index contributed by atoms with van der Waals surface area (Å²) in [7, 11) is -3.95. The van der Waals surface area contributed by atoms with Crippen LogP contribution in [0.1, 0.15) is 18.9 Å². The average Bonchev–Trinajstić information content (AvgIpc) is 2.53. The molecule has 1 saturated heterocycles. The quantitative estimate of drug-likeness (QED) is 0.763. The van der Waals surface area contributed by atoms with Gasteiger partial charge in [-0.1, -0.05) is 24.6 Å². The monoisotopic (exact) mass is 327 g/mol. The van der Waals surface area contributed by atoms with Gasteiger partial charge in [0.05, 0.1) is 18.1 Å². The van der Waals surface area contributed by atoms with Gasteiger partial charge in [0.25, 0.3) is 16.0 Å². The molecule has 1 aromatic carbocycles. The highest BCUT2D eigenvalue weighted by atomic mass is 32.2. The van der Waals surface area contributed by atoms with Gasteiger partial charge in [0, 0.05) is 13.1 Å². The molecule has 0 spiro atoms. The maximum absolute atomic E-state index is 12.4. The maximum Gasteiger partial charge on any atom is 0.297 e. The molecule has 1 aliphatic heterocycles. The third-order valence-corrected chi connectivity index (χ3v) is 4.86. The van der Waals surface area contributed by atoms with Crippen molar-refractivity contribution >= 4 is 16.0 Å². The molecule has 1 heterocycles. The molecule has 1 fully saturated rings. The molecular weight excluding hydrogens is 306 g/mol. The molecule has 22 heavy (non-hydrogen) atoms. The highest BCUT2D eigenvalue weighted by molar-refractivity contribution is 7.86. The standard InChI is InChI=1S/C15H21NO5S/c1-3-14(15(17)16-8-10-20-11-9-16)21-22(18,19)13-6-4-12(2)5-7-13/h4-7,14H,3,8-11H2,1-2H3/t14-/m1/s1. The van der Waals surface area contributed by atoms with E-state index in [0.717, 1.165) is 5.56 Å². The van der Waals surface area contributed by atoms with E-state index in [1.807, 2.05) is 6.92 Å². The predicted molar refractivity (Wildman–Crippen MR) is 80.9 cm³/mol. The molecule has 0 bridgehead atoms. The molecule has 0 unspecified atom stereocenters. The fourth-order valence-electron chi connectivity index (χ4n) is 2.18. The van der Waals surface area contributed by atoms with Gasteiger partial charge in [-0.15, -0.1) is 0 Å². The molecule has 1 amide bonds. The SMILES string of the molecule is CC[C@@H](OS(=O)(=O)c1ccc(C)cc1)C(=O)N1CCOCC1. The summed E-state index contributed by atoms with van der Waals surface area (Å²) >= 11 is 0. The fraction of sp³-hybridized carbons (Fsp3) is 0.533. The number of amides is 1. The fourth-order valence-corrected chi connectivity index (χ4v) is 3.29. The number of morpholine rings is 1. The normalized spacial score (nSPS) is 17.3. The van der Waals surface area contributed by atoms with Crippen LogP contribution >= 0.6 is 0 Å². The van der Waals surface area contributed by atoms with Gasteiger partial charge in [-0.3, -0.25) is 8.98 Å². The third kappa shape index (κ3) is 4.06. The summed E-state index contributed by atoms with van der Waals surface area (Å²) in [5, 5.41) is 0. The zero-order valence-electron chi connectivity index (χ0n) is 12.8. The van der Waals surface area contributed by atoms with Gasteiger partial charge in [0.1, 0.15) is 0 Å². The first-order chi connectivity index (χ1) is 10.4. The number of benzene rings is 1. The lowest BCUT2D eigenvalue weighted by Gasteiger charge is -2.29. The van der Waals surface area contributed by atoms with Crippen molar-refractivity contribution in [1.29, 1.82) is 0 Å². The van der Waals surface area contributed by atoms with Gasteiger partial charge in [0.15, 0.2) is 6.10 Å². The Hall–Kier alpha value is -1.44. The van der Waals surface area contributed by atoms with Gasteiger partial charge in [0.2, 0.25) is 0 Å². The van der Waals surface area contributed by atoms with E-state index >= 15 is 0 Å². The first-order valence-electron chi connectivity index (χ1n) is 7.30. The number of carbonyl (C=O) groups is 1. The van der Waals surface area contributed by atoms with Crippen molar-refractivity contribution in [2.75, 3.05) is 26.3 Å². The number of rotatable bonds is 5. The minimum absolute atomic E-state index is 0.0614. The largest absolute Gasteiger partial charge is 0.378 e. The summed E-state index contributed by atoms with van der Waals surface area (Å²) in [6, 6.07) is 6.36. The van der Waals surface area contributed by atoms with E-state index in [1.54, 1.807) is 24.0 Å². The third-order valence-electron chi connectivity index (χ3n) is 3.52. The second-order valence-electron chi connectivity index (χ2n) is 5.20. The smallest absolute Gasteiger partial charge is 0.297 e. The maximum atomic E-state index is 12.4. The molecule has 0 saturated carbocycles. The van der Waals surface area contributed by atoms with Crippen molar-refractivity contribution in [3.05, 3.63) is 29.8 Å². The first kappa shape index (κ1) is 16.9. The molecule has 1 atom stereocenters. The van der Waals surface area contributed by atoms with Gasteiger partial charge in [-0.25, -0.2) is 0 Å². The molecule has 7 heteroatoms. The summed E-state index contributed by atoms with van der Waals surface area (Å²) in [5.74, 6) is -0.304. The Bertz CT molecular complexity index is 605. The van der Waals surface area contributed by atoms with E-state index in [0.29, 0.717) is 32.7 Å². The van der Waals surface area contributed by atoms with E-state index in [4.69, 9.17) is 8.92 Å². The molecule has 6 nitrogen and oxygen atoms in total. The number of nitrogens with zero attached hydrogens (tertiary/aromatic N) is 1. The lowest BCUT2D eigenvalue weighted by atomic mass is 10.2. The van der Waals surface area contributed by atoms with Crippen LogP contribution in [0.4, 0.5) is 0 Å². The average molecular weight is 327 g/mol. The minimum atomic E-state index is -3.95. The Morgan fingerprint density at radius 1 is 1.27 bits per heavy atom. The zero-order chi connectivity index (χ0) is 16.2. The molecule has 2 rings (SSSR count). The van der Waals surface area contributed by atoms with Crippen molar-refractivity contribution in [2.45, 2.75) is 31.3 Å². The topological polar surface area (TPSA) is 72.9 Å². The van der Waals surface area contributed by atoms with Crippen LogP contribution in [-0.4, -0.2) is 51.6 Å². The minimum Gasteiger partial charge on any atom is -0.378 e. The summed E-state index contributed by atoms with van der Waals surface area (Å²) in [6.45, 7) is 5.45. The number of aryl methyl sites for hydroxylation is 1. The Kier molecular flexibility index (Phi) is 5.55. The Labute approximate surface area is 131 Å². The molecular formula is C15H21NO5S. The van der Waals surface area contributed by atoms with Crippen molar-refractivity contribution in [3.63, 3.8) is 0 Å². The van der Waals surface area contributed by atoms with Crippen LogP contribution in [0.5, 0.6) is 0 Å². The Morgan fingerprint density at radius 3 is 2.41 bits per heavy atom. The molecule has 0 radical (unpaired) electrons. The van der Waals surface area contributed by atoms with Crippen LogP contribution in [-0.2, 0) is 23.8 Å². The van der Waals surface area contributed by atoms with Gasteiger partial charge in [-0.05, 0) is 25.5 Å². The summed E-state index contributed by atoms with van der Waals surface area (Å²) in [4.78, 5) is 14.0. The van der Waals surface area contributed by atoms with E-state index in [2.05, 4.69) is 0 Å². The second-order valence-corrected chi connectivity index (χ2v) is 6.77. The van der Waals surface area contributed by atoms with Crippen LogP contribution < -0.4 is 0 Å². The van der Waals surface area contributed by atoms with Gasteiger partial charge in [-0.2, -0.15) is 8.42 Å². The number of hydrogen-bond donors (Lipinski definition) is 0. The van der Waals surface area contributed by atoms with E-state index < -0.39 is 16.2 Å². The Balaban J connectivity index is 2.11. The summed E-state index contributed by atoms with van der Waals surface area (Å²) < 4.78 is 34.9. The van der Waals surface area contributed by atoms with Crippen molar-refractivity contribution < 1.29 is 22.1 Å². The zero-order valence-corrected chi connectivity index (χ0v) is 13.6. The lowest BCUT2D eigenvalue weighted by Crippen LogP contribution is -2.46. The van der Waals surface area contributed by atoms with Gasteiger partial charge >= 0.3 is 0 Å². The van der Waals surface area contributed by atoms with Crippen molar-refractivity contribution in [2.24, 2.45) is 0 Å². The molecule has 1 aromatic rings. The first-order valence-corrected chi connectivity index (χ1v) is 8.71. The summed E-state index contributed by atoms with van der Waals surface area (Å²) in [6.07, 6.45) is -0.703.